The zero-order chi connectivity index (χ0) is 16.4. The minimum Gasteiger partial charge on any atom is -0.352 e. The molecule has 0 aliphatic carbocycles. The molecule has 0 fully saturated rings. The minimum atomic E-state index is -0.265. The maximum atomic E-state index is 12.3. The fraction of sp³-hybridized carbons (Fsp3) is 0.368. The number of amides is 1. The van der Waals surface area contributed by atoms with Gasteiger partial charge in [0, 0.05) is 18.6 Å². The molecule has 0 saturated heterocycles. The van der Waals surface area contributed by atoms with Crippen molar-refractivity contribution >= 4 is 11.7 Å². The average Bonchev–Trinajstić information content (AvgIpc) is 2.53. The van der Waals surface area contributed by atoms with Crippen LogP contribution in [0.3, 0.4) is 0 Å². The van der Waals surface area contributed by atoms with E-state index >= 15 is 0 Å². The number of benzene rings is 1. The van der Waals surface area contributed by atoms with Crippen LogP contribution >= 0.6 is 0 Å². The molecule has 4 nitrogen and oxygen atoms in total. The van der Waals surface area contributed by atoms with Crippen LogP contribution in [0, 0.1) is 0 Å². The Hall–Kier alpha value is -2.36. The Morgan fingerprint density at radius 2 is 1.83 bits per heavy atom. The van der Waals surface area contributed by atoms with Crippen molar-refractivity contribution in [3.63, 3.8) is 0 Å². The summed E-state index contributed by atoms with van der Waals surface area (Å²) in [6.07, 6.45) is 1.01. The van der Waals surface area contributed by atoms with E-state index in [9.17, 15) is 4.79 Å². The van der Waals surface area contributed by atoms with Crippen LogP contribution in [0.5, 0.6) is 0 Å². The first-order chi connectivity index (χ1) is 10.9. The van der Waals surface area contributed by atoms with Crippen molar-refractivity contribution in [3.8, 4) is 0 Å². The topological polar surface area (TPSA) is 45.2 Å². The summed E-state index contributed by atoms with van der Waals surface area (Å²) in [6, 6.07) is 14.2. The molecule has 120 valence electrons. The van der Waals surface area contributed by atoms with E-state index in [1.54, 1.807) is 6.07 Å². The third kappa shape index (κ3) is 3.70. The zero-order valence-corrected chi connectivity index (χ0v) is 14.0. The van der Waals surface area contributed by atoms with Crippen molar-refractivity contribution in [2.24, 2.45) is 0 Å². The molecular formula is C19H23N3O. The number of nitrogens with zero attached hydrogens (tertiary/aromatic N) is 2. The van der Waals surface area contributed by atoms with Gasteiger partial charge in [-0.1, -0.05) is 30.3 Å². The first-order valence-corrected chi connectivity index (χ1v) is 8.04. The van der Waals surface area contributed by atoms with E-state index in [-0.39, 0.29) is 11.4 Å². The number of hydrogen-bond donors (Lipinski definition) is 1. The molecule has 0 atom stereocenters. The van der Waals surface area contributed by atoms with Gasteiger partial charge in [-0.15, -0.1) is 0 Å². The highest BCUT2D eigenvalue weighted by atomic mass is 16.2. The lowest BCUT2D eigenvalue weighted by atomic mass is 10.00. The van der Waals surface area contributed by atoms with E-state index in [2.05, 4.69) is 39.5 Å². The number of anilines is 1. The van der Waals surface area contributed by atoms with Gasteiger partial charge < -0.3 is 10.2 Å². The van der Waals surface area contributed by atoms with Crippen LogP contribution in [0.2, 0.25) is 0 Å². The molecule has 1 aliphatic rings. The summed E-state index contributed by atoms with van der Waals surface area (Å²) in [5, 5.41) is 2.96. The number of hydrogen-bond acceptors (Lipinski definition) is 3. The van der Waals surface area contributed by atoms with E-state index in [0.29, 0.717) is 5.69 Å². The molecule has 0 bridgehead atoms. The van der Waals surface area contributed by atoms with Crippen LogP contribution in [-0.2, 0) is 13.0 Å². The molecule has 23 heavy (non-hydrogen) atoms. The molecule has 3 rings (SSSR count). The Morgan fingerprint density at radius 3 is 2.57 bits per heavy atom. The lowest BCUT2D eigenvalue weighted by Crippen LogP contribution is -2.41. The highest BCUT2D eigenvalue weighted by Crippen LogP contribution is 2.23. The summed E-state index contributed by atoms with van der Waals surface area (Å²) in [4.78, 5) is 19.1. The third-order valence-corrected chi connectivity index (χ3v) is 3.91. The van der Waals surface area contributed by atoms with Gasteiger partial charge in [-0.3, -0.25) is 4.79 Å². The number of pyridine rings is 1. The van der Waals surface area contributed by atoms with Crippen LogP contribution in [0.1, 0.15) is 42.4 Å². The molecule has 1 amide bonds. The van der Waals surface area contributed by atoms with Gasteiger partial charge >= 0.3 is 0 Å². The lowest BCUT2D eigenvalue weighted by molar-refractivity contribution is 0.0914. The number of nitrogens with one attached hydrogen (secondary N) is 1. The molecule has 0 radical (unpaired) electrons. The maximum absolute atomic E-state index is 12.3. The summed E-state index contributed by atoms with van der Waals surface area (Å²) < 4.78 is 0. The Kier molecular flexibility index (Phi) is 4.07. The molecule has 1 aromatic heterocycles. The molecule has 0 spiro atoms. The molecule has 0 unspecified atom stereocenters. The van der Waals surface area contributed by atoms with Crippen LogP contribution in [0.15, 0.2) is 42.5 Å². The minimum absolute atomic E-state index is 0.128. The Balaban J connectivity index is 1.80. The van der Waals surface area contributed by atoms with Crippen molar-refractivity contribution in [2.75, 3.05) is 11.4 Å². The first-order valence-electron chi connectivity index (χ1n) is 8.04. The quantitative estimate of drug-likeness (QED) is 0.927. The number of rotatable bonds is 2. The zero-order valence-electron chi connectivity index (χ0n) is 14.0. The van der Waals surface area contributed by atoms with Gasteiger partial charge in [0.05, 0.1) is 0 Å². The molecule has 1 N–H and O–H groups in total. The Morgan fingerprint density at radius 1 is 1.09 bits per heavy atom. The normalized spacial score (nSPS) is 14.3. The number of carbonyl (C=O) groups excluding carboxylic acids is 1. The summed E-state index contributed by atoms with van der Waals surface area (Å²) in [5.74, 6) is 0.734. The smallest absolute Gasteiger partial charge is 0.270 e. The third-order valence-electron chi connectivity index (χ3n) is 3.91. The Labute approximate surface area is 137 Å². The largest absolute Gasteiger partial charge is 0.352 e. The first kappa shape index (κ1) is 15.5. The molecule has 1 aromatic carbocycles. The molecule has 2 aromatic rings. The fourth-order valence-electron chi connectivity index (χ4n) is 2.82. The van der Waals surface area contributed by atoms with Crippen molar-refractivity contribution in [3.05, 3.63) is 59.3 Å². The van der Waals surface area contributed by atoms with Gasteiger partial charge in [-0.25, -0.2) is 4.98 Å². The van der Waals surface area contributed by atoms with Crippen molar-refractivity contribution in [1.82, 2.24) is 10.3 Å². The number of fused-ring (bicyclic) bond motifs is 1. The van der Waals surface area contributed by atoms with Gasteiger partial charge in [-0.05, 0) is 50.5 Å². The predicted molar refractivity (Wildman–Crippen MR) is 92.7 cm³/mol. The second-order valence-corrected chi connectivity index (χ2v) is 7.03. The summed E-state index contributed by atoms with van der Waals surface area (Å²) >= 11 is 0. The lowest BCUT2D eigenvalue weighted by Gasteiger charge is -2.30. The van der Waals surface area contributed by atoms with Crippen LogP contribution in [0.4, 0.5) is 5.82 Å². The van der Waals surface area contributed by atoms with Crippen molar-refractivity contribution in [2.45, 2.75) is 39.3 Å². The van der Waals surface area contributed by atoms with E-state index in [1.165, 1.54) is 11.1 Å². The van der Waals surface area contributed by atoms with E-state index < -0.39 is 0 Å². The number of aromatic nitrogens is 1. The highest BCUT2D eigenvalue weighted by molar-refractivity contribution is 5.93. The maximum Gasteiger partial charge on any atom is 0.270 e. The Bertz CT molecular complexity index is 719. The van der Waals surface area contributed by atoms with Crippen LogP contribution in [0.25, 0.3) is 0 Å². The summed E-state index contributed by atoms with van der Waals surface area (Å²) in [6.45, 7) is 7.67. The monoisotopic (exact) mass is 309 g/mol. The molecule has 1 aliphatic heterocycles. The molecule has 2 heterocycles. The molecular weight excluding hydrogens is 286 g/mol. The average molecular weight is 309 g/mol. The van der Waals surface area contributed by atoms with E-state index in [4.69, 9.17) is 0 Å². The second kappa shape index (κ2) is 6.03. The molecule has 0 saturated carbocycles. The van der Waals surface area contributed by atoms with Crippen molar-refractivity contribution < 1.29 is 4.79 Å². The second-order valence-electron chi connectivity index (χ2n) is 7.03. The van der Waals surface area contributed by atoms with Crippen LogP contribution < -0.4 is 10.2 Å². The fourth-order valence-corrected chi connectivity index (χ4v) is 2.82. The van der Waals surface area contributed by atoms with Crippen molar-refractivity contribution in [1.29, 1.82) is 0 Å². The van der Waals surface area contributed by atoms with Gasteiger partial charge in [0.2, 0.25) is 0 Å². The van der Waals surface area contributed by atoms with E-state index in [0.717, 1.165) is 25.3 Å². The standard InChI is InChI=1S/C19H23N3O/c1-19(2,3)21-18(23)16-9-6-10-17(20-16)22-12-11-14-7-4-5-8-15(14)13-22/h4-10H,11-13H2,1-3H3,(H,21,23). The predicted octanol–water partition coefficient (Wildman–Crippen LogP) is 3.17. The van der Waals surface area contributed by atoms with Gasteiger partial charge in [0.1, 0.15) is 11.5 Å². The van der Waals surface area contributed by atoms with Gasteiger partial charge in [-0.2, -0.15) is 0 Å². The molecule has 4 heteroatoms. The summed E-state index contributed by atoms with van der Waals surface area (Å²) in [5.41, 5.74) is 2.95. The van der Waals surface area contributed by atoms with Crippen LogP contribution in [-0.4, -0.2) is 23.0 Å². The van der Waals surface area contributed by atoms with E-state index in [1.807, 2.05) is 32.9 Å². The SMILES string of the molecule is CC(C)(C)NC(=O)c1cccc(N2CCc3ccccc3C2)n1. The van der Waals surface area contributed by atoms with Gasteiger partial charge in [0.25, 0.3) is 5.91 Å². The number of carbonyl (C=O) groups is 1. The highest BCUT2D eigenvalue weighted by Gasteiger charge is 2.20. The van der Waals surface area contributed by atoms with Gasteiger partial charge in [0.15, 0.2) is 0 Å². The summed E-state index contributed by atoms with van der Waals surface area (Å²) in [7, 11) is 0.